The molecule has 0 unspecified atom stereocenters. The maximum atomic E-state index is 12.2. The summed E-state index contributed by atoms with van der Waals surface area (Å²) in [7, 11) is 0. The van der Waals surface area contributed by atoms with Crippen molar-refractivity contribution in [2.75, 3.05) is 17.7 Å². The summed E-state index contributed by atoms with van der Waals surface area (Å²) in [5, 5.41) is 15.2. The molecular formula is C16H18N2O4S2. The zero-order chi connectivity index (χ0) is 17.7. The van der Waals surface area contributed by atoms with Gasteiger partial charge in [-0.2, -0.15) is 4.73 Å². The van der Waals surface area contributed by atoms with Crippen LogP contribution in [-0.2, 0) is 9.53 Å². The van der Waals surface area contributed by atoms with Crippen molar-refractivity contribution < 1.29 is 19.1 Å². The minimum atomic E-state index is -0.442. The minimum Gasteiger partial charge on any atom is -0.618 e. The van der Waals surface area contributed by atoms with Gasteiger partial charge < -0.3 is 15.3 Å². The number of carbonyl (C=O) groups is 2. The first-order valence-corrected chi connectivity index (χ1v) is 9.12. The molecule has 0 aliphatic carbocycles. The second kappa shape index (κ2) is 8.16. The monoisotopic (exact) mass is 366 g/mol. The van der Waals surface area contributed by atoms with Crippen LogP contribution in [0.25, 0.3) is 0 Å². The van der Waals surface area contributed by atoms with Gasteiger partial charge in [-0.15, -0.1) is 11.3 Å². The van der Waals surface area contributed by atoms with Gasteiger partial charge in [0, 0.05) is 17.0 Å². The number of aryl methyl sites for hydroxylation is 1. The largest absolute Gasteiger partial charge is 0.618 e. The van der Waals surface area contributed by atoms with Crippen LogP contribution >= 0.6 is 23.1 Å². The molecule has 2 heterocycles. The van der Waals surface area contributed by atoms with E-state index in [0.717, 1.165) is 22.2 Å². The molecule has 0 saturated heterocycles. The van der Waals surface area contributed by atoms with Crippen molar-refractivity contribution in [1.29, 1.82) is 0 Å². The fourth-order valence-electron chi connectivity index (χ4n) is 1.99. The van der Waals surface area contributed by atoms with E-state index in [-0.39, 0.29) is 18.3 Å². The Hall–Kier alpha value is -2.06. The fraction of sp³-hybridized carbons (Fsp3) is 0.312. The second-order valence-corrected chi connectivity index (χ2v) is 7.13. The average molecular weight is 366 g/mol. The summed E-state index contributed by atoms with van der Waals surface area (Å²) in [6, 6.07) is 5.01. The van der Waals surface area contributed by atoms with Gasteiger partial charge in [0.1, 0.15) is 5.00 Å². The molecule has 2 aromatic heterocycles. The van der Waals surface area contributed by atoms with Crippen LogP contribution in [0.15, 0.2) is 29.4 Å². The van der Waals surface area contributed by atoms with E-state index in [1.54, 1.807) is 25.1 Å². The molecule has 0 bridgehead atoms. The Morgan fingerprint density at radius 3 is 2.79 bits per heavy atom. The van der Waals surface area contributed by atoms with Crippen LogP contribution in [0.4, 0.5) is 5.00 Å². The molecular weight excluding hydrogens is 348 g/mol. The molecule has 8 heteroatoms. The summed E-state index contributed by atoms with van der Waals surface area (Å²) in [5.74, 6) is -0.650. The third kappa shape index (κ3) is 4.27. The standard InChI is InChI=1S/C16H18N2O4S2/c1-4-22-16(20)14-10(2)11(3)24-15(14)17-12(19)9-23-13-7-5-6-8-18(13)21/h5-8H,4,9H2,1-3H3,(H,17,19). The maximum Gasteiger partial charge on any atom is 0.341 e. The fourth-order valence-corrected chi connectivity index (χ4v) is 3.77. The Morgan fingerprint density at radius 1 is 1.38 bits per heavy atom. The number of ether oxygens (including phenoxy) is 1. The lowest BCUT2D eigenvalue weighted by atomic mass is 10.1. The van der Waals surface area contributed by atoms with Crippen molar-refractivity contribution in [2.45, 2.75) is 25.8 Å². The Balaban J connectivity index is 2.08. The van der Waals surface area contributed by atoms with Gasteiger partial charge in [0.2, 0.25) is 5.91 Å². The number of nitrogens with zero attached hydrogens (tertiary/aromatic N) is 1. The lowest BCUT2D eigenvalue weighted by Gasteiger charge is -2.07. The van der Waals surface area contributed by atoms with Gasteiger partial charge >= 0.3 is 5.97 Å². The van der Waals surface area contributed by atoms with Crippen LogP contribution in [-0.4, -0.2) is 24.2 Å². The molecule has 0 radical (unpaired) electrons. The molecule has 0 aliphatic rings. The first-order chi connectivity index (χ1) is 11.4. The summed E-state index contributed by atoms with van der Waals surface area (Å²) in [4.78, 5) is 25.2. The number of amides is 1. The van der Waals surface area contributed by atoms with E-state index in [4.69, 9.17) is 4.74 Å². The molecule has 0 fully saturated rings. The molecule has 128 valence electrons. The van der Waals surface area contributed by atoms with Crippen LogP contribution in [0.2, 0.25) is 0 Å². The summed E-state index contributed by atoms with van der Waals surface area (Å²) in [6.45, 7) is 5.72. The van der Waals surface area contributed by atoms with E-state index in [1.807, 2.05) is 13.8 Å². The van der Waals surface area contributed by atoms with Crippen LogP contribution in [0, 0.1) is 19.1 Å². The molecule has 0 spiro atoms. The molecule has 0 aromatic carbocycles. The van der Waals surface area contributed by atoms with Crippen LogP contribution in [0.3, 0.4) is 0 Å². The number of thioether (sulfide) groups is 1. The Morgan fingerprint density at radius 2 is 2.12 bits per heavy atom. The zero-order valence-corrected chi connectivity index (χ0v) is 15.3. The SMILES string of the molecule is CCOC(=O)c1c(NC(=O)CSc2cccc[n+]2[O-])sc(C)c1C. The van der Waals surface area contributed by atoms with Gasteiger partial charge in [-0.05, 0) is 44.2 Å². The molecule has 24 heavy (non-hydrogen) atoms. The van der Waals surface area contributed by atoms with E-state index in [2.05, 4.69) is 5.32 Å². The highest BCUT2D eigenvalue weighted by atomic mass is 32.2. The first-order valence-electron chi connectivity index (χ1n) is 7.32. The van der Waals surface area contributed by atoms with Crippen molar-refractivity contribution in [3.05, 3.63) is 45.6 Å². The smallest absolute Gasteiger partial charge is 0.341 e. The first kappa shape index (κ1) is 18.3. The number of aromatic nitrogens is 1. The van der Waals surface area contributed by atoms with Crippen LogP contribution < -0.4 is 10.0 Å². The van der Waals surface area contributed by atoms with Crippen LogP contribution in [0.5, 0.6) is 0 Å². The normalized spacial score (nSPS) is 10.5. The third-order valence-corrected chi connectivity index (χ3v) is 5.40. The van der Waals surface area contributed by atoms with Crippen molar-refractivity contribution >= 4 is 40.0 Å². The van der Waals surface area contributed by atoms with Crippen LogP contribution in [0.1, 0.15) is 27.7 Å². The van der Waals surface area contributed by atoms with Crippen molar-refractivity contribution in [1.82, 2.24) is 0 Å². The molecule has 1 amide bonds. The number of nitrogens with one attached hydrogen (secondary N) is 1. The third-order valence-electron chi connectivity index (χ3n) is 3.26. The van der Waals surface area contributed by atoms with Gasteiger partial charge in [-0.1, -0.05) is 0 Å². The molecule has 0 saturated carbocycles. The van der Waals surface area contributed by atoms with Crippen molar-refractivity contribution in [3.63, 3.8) is 0 Å². The average Bonchev–Trinajstić information content (AvgIpc) is 2.81. The van der Waals surface area contributed by atoms with Gasteiger partial charge in [0.25, 0.3) is 5.03 Å². The number of esters is 1. The molecule has 0 aliphatic heterocycles. The Bertz CT molecular complexity index is 759. The quantitative estimate of drug-likeness (QED) is 0.368. The minimum absolute atomic E-state index is 0.0739. The predicted octanol–water partition coefficient (Wildman–Crippen LogP) is 2.91. The summed E-state index contributed by atoms with van der Waals surface area (Å²) in [6.07, 6.45) is 1.38. The van der Waals surface area contributed by atoms with Crippen molar-refractivity contribution in [2.24, 2.45) is 0 Å². The summed E-state index contributed by atoms with van der Waals surface area (Å²) >= 11 is 2.48. The maximum absolute atomic E-state index is 12.2. The van der Waals surface area contributed by atoms with E-state index in [9.17, 15) is 14.8 Å². The van der Waals surface area contributed by atoms with E-state index < -0.39 is 5.97 Å². The van der Waals surface area contributed by atoms with E-state index in [0.29, 0.717) is 20.3 Å². The Kier molecular flexibility index (Phi) is 6.22. The number of hydrogen-bond acceptors (Lipinski definition) is 6. The number of thiophene rings is 1. The molecule has 2 rings (SSSR count). The summed E-state index contributed by atoms with van der Waals surface area (Å²) < 4.78 is 5.77. The van der Waals surface area contributed by atoms with Crippen molar-refractivity contribution in [3.8, 4) is 0 Å². The number of anilines is 1. The lowest BCUT2D eigenvalue weighted by molar-refractivity contribution is -0.645. The van der Waals surface area contributed by atoms with E-state index in [1.165, 1.54) is 17.5 Å². The van der Waals surface area contributed by atoms with Gasteiger partial charge in [0.15, 0.2) is 6.20 Å². The van der Waals surface area contributed by atoms with Gasteiger partial charge in [-0.25, -0.2) is 4.79 Å². The Labute approximate surface area is 148 Å². The predicted molar refractivity (Wildman–Crippen MR) is 94.5 cm³/mol. The number of rotatable bonds is 6. The van der Waals surface area contributed by atoms with E-state index >= 15 is 0 Å². The zero-order valence-electron chi connectivity index (χ0n) is 13.6. The van der Waals surface area contributed by atoms with Gasteiger partial charge in [-0.3, -0.25) is 4.79 Å². The van der Waals surface area contributed by atoms with Gasteiger partial charge in [0.05, 0.1) is 17.9 Å². The molecule has 2 aromatic rings. The highest BCUT2D eigenvalue weighted by Gasteiger charge is 2.22. The second-order valence-electron chi connectivity index (χ2n) is 4.91. The number of pyridine rings is 1. The molecule has 1 N–H and O–H groups in total. The highest BCUT2D eigenvalue weighted by Crippen LogP contribution is 2.33. The number of hydrogen-bond donors (Lipinski definition) is 1. The molecule has 0 atom stereocenters. The topological polar surface area (TPSA) is 82.3 Å². The summed E-state index contributed by atoms with van der Waals surface area (Å²) in [5.41, 5.74) is 1.21. The number of carbonyl (C=O) groups excluding carboxylic acids is 2. The highest BCUT2D eigenvalue weighted by molar-refractivity contribution is 7.99. The lowest BCUT2D eigenvalue weighted by Crippen LogP contribution is -2.28. The molecule has 6 nitrogen and oxygen atoms in total.